The topological polar surface area (TPSA) is 101 Å². The van der Waals surface area contributed by atoms with E-state index in [-0.39, 0.29) is 36.8 Å². The predicted molar refractivity (Wildman–Crippen MR) is 99.1 cm³/mol. The molecule has 0 radical (unpaired) electrons. The first kappa shape index (κ1) is 22.7. The van der Waals surface area contributed by atoms with Crippen molar-refractivity contribution in [3.63, 3.8) is 0 Å². The summed E-state index contributed by atoms with van der Waals surface area (Å²) in [6.07, 6.45) is -5.78. The molecule has 3 unspecified atom stereocenters. The third kappa shape index (κ3) is 4.79. The van der Waals surface area contributed by atoms with Crippen LogP contribution in [0.4, 0.5) is 30.7 Å². The molecule has 0 saturated heterocycles. The zero-order valence-electron chi connectivity index (χ0n) is 16.6. The van der Waals surface area contributed by atoms with Crippen LogP contribution in [0.15, 0.2) is 22.2 Å². The number of aliphatic imine (C=N–C) groups is 2. The number of hydrogen-bond acceptors (Lipinski definition) is 5. The number of halogens is 7. The summed E-state index contributed by atoms with van der Waals surface area (Å²) in [5.74, 6) is -10.4. The Morgan fingerprint density at radius 2 is 1.75 bits per heavy atom. The molecule has 0 aromatic carbocycles. The maximum atomic E-state index is 13.8. The van der Waals surface area contributed by atoms with Crippen LogP contribution in [0.3, 0.4) is 0 Å². The second-order valence-corrected chi connectivity index (χ2v) is 8.32. The summed E-state index contributed by atoms with van der Waals surface area (Å²) < 4.78 is 93.9. The molecule has 1 aromatic rings. The second kappa shape index (κ2) is 7.52. The highest BCUT2D eigenvalue weighted by molar-refractivity contribution is 6.09. The number of rotatable bonds is 3. The summed E-state index contributed by atoms with van der Waals surface area (Å²) in [5, 5.41) is 5.31. The number of hydrogen-bond donors (Lipinski definition) is 3. The van der Waals surface area contributed by atoms with E-state index in [1.54, 1.807) is 0 Å². The van der Waals surface area contributed by atoms with Gasteiger partial charge in [0, 0.05) is 37.8 Å². The monoisotopic (exact) mass is 467 g/mol. The molecule has 4 N–H and O–H groups in total. The van der Waals surface area contributed by atoms with Gasteiger partial charge in [0.2, 0.25) is 17.7 Å². The second-order valence-electron chi connectivity index (χ2n) is 8.32. The van der Waals surface area contributed by atoms with E-state index in [9.17, 15) is 30.7 Å². The molecule has 2 fully saturated rings. The molecule has 3 atom stereocenters. The minimum absolute atomic E-state index is 0.000362. The Labute approximate surface area is 177 Å². The van der Waals surface area contributed by atoms with Crippen LogP contribution in [0.5, 0.6) is 0 Å². The lowest BCUT2D eigenvalue weighted by Crippen LogP contribution is -2.66. The third-order valence-corrected chi connectivity index (χ3v) is 5.72. The lowest BCUT2D eigenvalue weighted by molar-refractivity contribution is -0.145. The van der Waals surface area contributed by atoms with Gasteiger partial charge in [0.1, 0.15) is 5.69 Å². The number of aromatic nitrogens is 2. The van der Waals surface area contributed by atoms with Crippen molar-refractivity contribution in [1.82, 2.24) is 20.6 Å². The Morgan fingerprint density at radius 1 is 1.06 bits per heavy atom. The van der Waals surface area contributed by atoms with Crippen LogP contribution in [0.2, 0.25) is 0 Å². The van der Waals surface area contributed by atoms with Crippen molar-refractivity contribution in [3.8, 4) is 0 Å². The zero-order valence-corrected chi connectivity index (χ0v) is 16.6. The lowest BCUT2D eigenvalue weighted by atomic mass is 9.98. The first-order valence-electron chi connectivity index (χ1n) is 9.93. The molecule has 176 valence electrons. The van der Waals surface area contributed by atoms with Gasteiger partial charge in [-0.05, 0) is 18.9 Å². The number of amidine groups is 1. The Balaban J connectivity index is 1.70. The van der Waals surface area contributed by atoms with E-state index >= 15 is 0 Å². The summed E-state index contributed by atoms with van der Waals surface area (Å²) in [4.78, 5) is 15.0. The van der Waals surface area contributed by atoms with E-state index in [2.05, 4.69) is 30.6 Å². The van der Waals surface area contributed by atoms with Crippen LogP contribution in [-0.2, 0) is 6.18 Å². The normalized spacial score (nSPS) is 33.0. The van der Waals surface area contributed by atoms with Gasteiger partial charge in [0.25, 0.3) is 0 Å². The van der Waals surface area contributed by atoms with Crippen molar-refractivity contribution in [3.05, 3.63) is 23.8 Å². The molecule has 14 heteroatoms. The van der Waals surface area contributed by atoms with Crippen molar-refractivity contribution >= 4 is 11.8 Å². The van der Waals surface area contributed by atoms with Crippen molar-refractivity contribution in [2.24, 2.45) is 21.6 Å². The van der Waals surface area contributed by atoms with Gasteiger partial charge in [0.05, 0.1) is 6.04 Å². The Kier molecular flexibility index (Phi) is 5.33. The molecular formula is C18H20F7N7. The fourth-order valence-corrected chi connectivity index (χ4v) is 4.13. The van der Waals surface area contributed by atoms with Crippen molar-refractivity contribution < 1.29 is 30.7 Å². The maximum Gasteiger partial charge on any atom is 0.451 e. The largest absolute Gasteiger partial charge is 0.451 e. The molecule has 1 aromatic heterocycles. The smallest absolute Gasteiger partial charge is 0.319 e. The quantitative estimate of drug-likeness (QED) is 0.594. The van der Waals surface area contributed by atoms with E-state index in [0.717, 1.165) is 12.3 Å². The summed E-state index contributed by atoms with van der Waals surface area (Å²) in [6, 6.07) is 0.349. The molecule has 2 aliphatic carbocycles. The van der Waals surface area contributed by atoms with Gasteiger partial charge in [-0.2, -0.15) is 13.2 Å². The summed E-state index contributed by atoms with van der Waals surface area (Å²) in [7, 11) is 0. The minimum Gasteiger partial charge on any atom is -0.319 e. The number of nitrogens with two attached hydrogens (primary N) is 1. The van der Waals surface area contributed by atoms with Gasteiger partial charge in [0.15, 0.2) is 17.6 Å². The first-order chi connectivity index (χ1) is 14.7. The number of guanidine groups is 1. The van der Waals surface area contributed by atoms with E-state index in [4.69, 9.17) is 5.73 Å². The number of nitrogens with zero attached hydrogens (tertiary/aromatic N) is 4. The van der Waals surface area contributed by atoms with Crippen LogP contribution in [-0.4, -0.2) is 45.4 Å². The van der Waals surface area contributed by atoms with Gasteiger partial charge >= 0.3 is 6.18 Å². The highest BCUT2D eigenvalue weighted by atomic mass is 19.4. The summed E-state index contributed by atoms with van der Waals surface area (Å²) in [6.45, 7) is 0. The van der Waals surface area contributed by atoms with Crippen molar-refractivity contribution in [1.29, 1.82) is 0 Å². The van der Waals surface area contributed by atoms with E-state index in [1.807, 2.05) is 0 Å². The van der Waals surface area contributed by atoms with E-state index < -0.39 is 60.9 Å². The standard InChI is InChI=1S/C18H20F7N7/c19-15(20)4-1-9(7-15)18(26)31-12(11-3-6-27-13(29-11)17(23,24)25)30-14(32-18)28-10-2-5-16(21,22)8-10/h3,6,9-10H,1-2,4-5,7-8,26H2,(H2,28,30,31,32). The fraction of sp³-hybridized carbons (Fsp3) is 0.667. The minimum atomic E-state index is -4.83. The van der Waals surface area contributed by atoms with Crippen molar-refractivity contribution in [2.45, 2.75) is 68.4 Å². The number of alkyl halides is 7. The van der Waals surface area contributed by atoms with Crippen LogP contribution in [0.25, 0.3) is 0 Å². The molecule has 4 rings (SSSR count). The van der Waals surface area contributed by atoms with Gasteiger partial charge < -0.3 is 10.6 Å². The number of nitrogens with one attached hydrogen (secondary N) is 2. The molecule has 1 aliphatic heterocycles. The molecule has 32 heavy (non-hydrogen) atoms. The lowest BCUT2D eigenvalue weighted by Gasteiger charge is -2.38. The fourth-order valence-electron chi connectivity index (χ4n) is 4.13. The molecule has 3 aliphatic rings. The predicted octanol–water partition coefficient (Wildman–Crippen LogP) is 3.03. The third-order valence-electron chi connectivity index (χ3n) is 5.72. The van der Waals surface area contributed by atoms with Crippen LogP contribution in [0, 0.1) is 5.92 Å². The first-order valence-corrected chi connectivity index (χ1v) is 9.93. The molecule has 0 amide bonds. The zero-order chi connectivity index (χ0) is 23.4. The average molecular weight is 467 g/mol. The van der Waals surface area contributed by atoms with Crippen LogP contribution >= 0.6 is 0 Å². The Morgan fingerprint density at radius 3 is 2.34 bits per heavy atom. The van der Waals surface area contributed by atoms with Gasteiger partial charge in [-0.3, -0.25) is 5.73 Å². The van der Waals surface area contributed by atoms with E-state index in [1.165, 1.54) is 0 Å². The highest BCUT2D eigenvalue weighted by Gasteiger charge is 2.50. The summed E-state index contributed by atoms with van der Waals surface area (Å²) in [5.41, 5.74) is 5.99. The van der Waals surface area contributed by atoms with Crippen LogP contribution < -0.4 is 16.4 Å². The summed E-state index contributed by atoms with van der Waals surface area (Å²) >= 11 is 0. The molecular weight excluding hydrogens is 447 g/mol. The maximum absolute atomic E-state index is 13.8. The van der Waals surface area contributed by atoms with E-state index in [0.29, 0.717) is 0 Å². The molecule has 0 bridgehead atoms. The van der Waals surface area contributed by atoms with Gasteiger partial charge in [-0.15, -0.1) is 0 Å². The van der Waals surface area contributed by atoms with Crippen molar-refractivity contribution in [2.75, 3.05) is 0 Å². The van der Waals surface area contributed by atoms with Gasteiger partial charge in [-0.25, -0.2) is 37.5 Å². The molecule has 7 nitrogen and oxygen atoms in total. The molecule has 2 heterocycles. The SMILES string of the molecule is NC1(C2CCC(F)(F)C2)N=C(c2ccnc(C(F)(F)F)n2)NC(=NC2CCC(F)(F)C2)N1. The highest BCUT2D eigenvalue weighted by Crippen LogP contribution is 2.43. The van der Waals surface area contributed by atoms with Gasteiger partial charge in [-0.1, -0.05) is 0 Å². The molecule has 0 spiro atoms. The van der Waals surface area contributed by atoms with Crippen LogP contribution in [0.1, 0.15) is 50.0 Å². The average Bonchev–Trinajstić information content (AvgIpc) is 3.22. The Bertz CT molecular complexity index is 946. The molecule has 2 saturated carbocycles. The Hall–Kier alpha value is -2.51.